The van der Waals surface area contributed by atoms with Crippen molar-refractivity contribution in [2.45, 2.75) is 49.8 Å². The quantitative estimate of drug-likeness (QED) is 0.410. The van der Waals surface area contributed by atoms with Crippen LogP contribution < -0.4 is 12.4 Å². The maximum absolute atomic E-state index is 13.1. The van der Waals surface area contributed by atoms with E-state index in [2.05, 4.69) is 30.3 Å². The molecule has 6 rings (SSSR count). The molecule has 2 aliphatic rings. The fraction of sp³-hybridized carbons (Fsp3) is 0.321. The van der Waals surface area contributed by atoms with E-state index in [-0.39, 0.29) is 12.4 Å². The van der Waals surface area contributed by atoms with E-state index in [0.29, 0.717) is 18.0 Å². The third-order valence-electron chi connectivity index (χ3n) is 7.11. The molecule has 2 aromatic carbocycles. The minimum Gasteiger partial charge on any atom is -1.00 e. The monoisotopic (exact) mass is 523 g/mol. The van der Waals surface area contributed by atoms with Gasteiger partial charge in [-0.15, -0.1) is 11.3 Å². The molecule has 3 heterocycles. The number of aryl methyl sites for hydroxylation is 2. The maximum atomic E-state index is 13.1. The Morgan fingerprint density at radius 2 is 1.51 bits per heavy atom. The predicted molar refractivity (Wildman–Crippen MR) is 140 cm³/mol. The van der Waals surface area contributed by atoms with Crippen LogP contribution in [0.25, 0.3) is 32.6 Å². The summed E-state index contributed by atoms with van der Waals surface area (Å²) in [5.41, 5.74) is 5.75. The standard InChI is InChI=1S/C28H28N2O2S2.ClH/c31-34(32,30-17-7-2-8-18-30)22-15-13-21(14-16-22)25-19-24(20-9-3-1-4-10-20)27-23-11-5-6-12-26(23)33-28(27)29-25;/h1,3-4,9-10,13-16,19H,2,5-8,11-12,17-18H2;1H/p-1. The van der Waals surface area contributed by atoms with Gasteiger partial charge in [-0.25, -0.2) is 13.4 Å². The lowest BCUT2D eigenvalue weighted by Gasteiger charge is -2.25. The third-order valence-corrected chi connectivity index (χ3v) is 10.2. The van der Waals surface area contributed by atoms with Crippen LogP contribution in [0.4, 0.5) is 0 Å². The van der Waals surface area contributed by atoms with Crippen molar-refractivity contribution >= 4 is 31.6 Å². The van der Waals surface area contributed by atoms with Crippen molar-refractivity contribution < 1.29 is 20.8 Å². The van der Waals surface area contributed by atoms with Crippen LogP contribution in [0.1, 0.15) is 42.5 Å². The van der Waals surface area contributed by atoms with Gasteiger partial charge in [0.25, 0.3) is 0 Å². The Bertz CT molecular complexity index is 1440. The van der Waals surface area contributed by atoms with Crippen molar-refractivity contribution in [2.24, 2.45) is 0 Å². The molecule has 1 aliphatic carbocycles. The van der Waals surface area contributed by atoms with E-state index >= 15 is 0 Å². The third kappa shape index (κ3) is 4.53. The molecule has 0 unspecified atom stereocenters. The molecule has 182 valence electrons. The highest BCUT2D eigenvalue weighted by Gasteiger charge is 2.26. The first-order valence-corrected chi connectivity index (χ1v) is 14.5. The normalized spacial score (nSPS) is 16.6. The van der Waals surface area contributed by atoms with Gasteiger partial charge in [0.05, 0.1) is 10.6 Å². The van der Waals surface area contributed by atoms with Gasteiger partial charge in [-0.2, -0.15) is 4.31 Å². The molecule has 0 radical (unpaired) electrons. The van der Waals surface area contributed by atoms with Gasteiger partial charge in [0.1, 0.15) is 4.83 Å². The van der Waals surface area contributed by atoms with E-state index in [4.69, 9.17) is 4.98 Å². The maximum Gasteiger partial charge on any atom is 0.243 e. The fourth-order valence-electron chi connectivity index (χ4n) is 5.30. The number of pyridine rings is 1. The number of sulfonamides is 1. The lowest BCUT2D eigenvalue weighted by Crippen LogP contribution is -3.00. The summed E-state index contributed by atoms with van der Waals surface area (Å²) in [6.07, 6.45) is 7.74. The second-order valence-corrected chi connectivity index (χ2v) is 12.3. The van der Waals surface area contributed by atoms with E-state index < -0.39 is 10.0 Å². The molecule has 0 spiro atoms. The zero-order chi connectivity index (χ0) is 23.1. The molecule has 2 aromatic heterocycles. The van der Waals surface area contributed by atoms with Gasteiger partial charge in [-0.1, -0.05) is 48.9 Å². The molecule has 0 bridgehead atoms. The molecule has 7 heteroatoms. The van der Waals surface area contributed by atoms with Crippen molar-refractivity contribution in [1.29, 1.82) is 0 Å². The van der Waals surface area contributed by atoms with Crippen LogP contribution in [-0.2, 0) is 22.9 Å². The summed E-state index contributed by atoms with van der Waals surface area (Å²) in [5.74, 6) is 0. The fourth-order valence-corrected chi connectivity index (χ4v) is 8.11. The lowest BCUT2D eigenvalue weighted by atomic mass is 9.92. The topological polar surface area (TPSA) is 50.3 Å². The summed E-state index contributed by atoms with van der Waals surface area (Å²) in [6.45, 7) is 1.23. The molecule has 4 aromatic rings. The summed E-state index contributed by atoms with van der Waals surface area (Å²) in [5, 5.41) is 1.30. The van der Waals surface area contributed by atoms with Crippen LogP contribution in [-0.4, -0.2) is 30.8 Å². The summed E-state index contributed by atoms with van der Waals surface area (Å²) < 4.78 is 27.8. The van der Waals surface area contributed by atoms with Gasteiger partial charge in [0.2, 0.25) is 10.0 Å². The average Bonchev–Trinajstić information content (AvgIpc) is 3.28. The van der Waals surface area contributed by atoms with E-state index in [1.807, 2.05) is 29.5 Å². The summed E-state index contributed by atoms with van der Waals surface area (Å²) in [4.78, 5) is 8.02. The molecule has 1 aliphatic heterocycles. The number of nitrogens with zero attached hydrogens (tertiary/aromatic N) is 2. The minimum atomic E-state index is -3.43. The Balaban J connectivity index is 0.00000253. The average molecular weight is 524 g/mol. The number of halogens is 1. The Hall–Kier alpha value is -2.25. The number of hydrogen-bond donors (Lipinski definition) is 0. The first kappa shape index (κ1) is 24.4. The minimum absolute atomic E-state index is 0. The van der Waals surface area contributed by atoms with Crippen LogP contribution in [0.2, 0.25) is 0 Å². The van der Waals surface area contributed by atoms with Gasteiger partial charge in [0, 0.05) is 28.9 Å². The molecule has 35 heavy (non-hydrogen) atoms. The van der Waals surface area contributed by atoms with Gasteiger partial charge in [-0.3, -0.25) is 0 Å². The van der Waals surface area contributed by atoms with E-state index in [9.17, 15) is 8.42 Å². The van der Waals surface area contributed by atoms with Gasteiger partial charge < -0.3 is 12.4 Å². The number of rotatable bonds is 4. The van der Waals surface area contributed by atoms with E-state index in [1.54, 1.807) is 16.4 Å². The number of piperidine rings is 1. The number of fused-ring (bicyclic) bond motifs is 3. The summed E-state index contributed by atoms with van der Waals surface area (Å²) in [6, 6.07) is 20.0. The number of hydrogen-bond acceptors (Lipinski definition) is 4. The molecule has 0 atom stereocenters. The van der Waals surface area contributed by atoms with E-state index in [1.165, 1.54) is 39.8 Å². The van der Waals surface area contributed by atoms with Crippen molar-refractivity contribution in [3.05, 3.63) is 71.1 Å². The number of thiophene rings is 1. The predicted octanol–water partition coefficient (Wildman–Crippen LogP) is 3.69. The largest absolute Gasteiger partial charge is 1.00 e. The first-order valence-electron chi connectivity index (χ1n) is 12.2. The van der Waals surface area contributed by atoms with Crippen LogP contribution in [0, 0.1) is 0 Å². The zero-order valence-electron chi connectivity index (χ0n) is 19.5. The SMILES string of the molecule is O=S(=O)(c1ccc(-c2cc(-c3ccccc3)c3c4c(sc3n2)CCCC4)cc1)N1CCCCC1.[Cl-]. The van der Waals surface area contributed by atoms with Crippen molar-refractivity contribution in [2.75, 3.05) is 13.1 Å². The zero-order valence-corrected chi connectivity index (χ0v) is 21.9. The Morgan fingerprint density at radius 1 is 0.800 bits per heavy atom. The smallest absolute Gasteiger partial charge is 0.243 e. The number of aromatic nitrogens is 1. The number of benzene rings is 2. The van der Waals surface area contributed by atoms with Crippen molar-refractivity contribution in [3.8, 4) is 22.4 Å². The van der Waals surface area contributed by atoms with Crippen LogP contribution in [0.15, 0.2) is 65.6 Å². The van der Waals surface area contributed by atoms with Crippen LogP contribution >= 0.6 is 11.3 Å². The highest BCUT2D eigenvalue weighted by Crippen LogP contribution is 2.42. The van der Waals surface area contributed by atoms with Crippen molar-refractivity contribution in [1.82, 2.24) is 9.29 Å². The Morgan fingerprint density at radius 3 is 2.26 bits per heavy atom. The molecule has 1 fully saturated rings. The second-order valence-electron chi connectivity index (χ2n) is 9.30. The summed E-state index contributed by atoms with van der Waals surface area (Å²) in [7, 11) is -3.43. The van der Waals surface area contributed by atoms with Crippen LogP contribution in [0.5, 0.6) is 0 Å². The molecule has 0 amide bonds. The summed E-state index contributed by atoms with van der Waals surface area (Å²) >= 11 is 1.83. The molecule has 0 N–H and O–H groups in total. The van der Waals surface area contributed by atoms with Crippen molar-refractivity contribution in [3.63, 3.8) is 0 Å². The highest BCUT2D eigenvalue weighted by molar-refractivity contribution is 7.89. The van der Waals surface area contributed by atoms with Gasteiger partial charge in [-0.05, 0) is 73.4 Å². The first-order chi connectivity index (χ1) is 16.6. The highest BCUT2D eigenvalue weighted by atomic mass is 35.5. The Labute approximate surface area is 217 Å². The molecule has 0 saturated carbocycles. The Kier molecular flexibility index (Phi) is 6.99. The van der Waals surface area contributed by atoms with Gasteiger partial charge in [0.15, 0.2) is 0 Å². The molecular formula is C28H28ClN2O2S2-. The van der Waals surface area contributed by atoms with E-state index in [0.717, 1.165) is 48.2 Å². The van der Waals surface area contributed by atoms with Crippen LogP contribution in [0.3, 0.4) is 0 Å². The molecule has 4 nitrogen and oxygen atoms in total. The second kappa shape index (κ2) is 10.0. The molecule has 1 saturated heterocycles. The lowest BCUT2D eigenvalue weighted by molar-refractivity contribution is -0.00000922. The molecular weight excluding hydrogens is 496 g/mol. The van der Waals surface area contributed by atoms with Gasteiger partial charge >= 0.3 is 0 Å².